The number of methoxy groups -OCH3 is 1. The molecule has 5 heteroatoms. The van der Waals surface area contributed by atoms with E-state index in [1.165, 1.54) is 0 Å². The molecule has 0 spiro atoms. The summed E-state index contributed by atoms with van der Waals surface area (Å²) in [6, 6.07) is 0.281. The predicted molar refractivity (Wildman–Crippen MR) is 63.8 cm³/mol. The van der Waals surface area contributed by atoms with Gasteiger partial charge in [0.1, 0.15) is 0 Å². The quantitative estimate of drug-likeness (QED) is 0.731. The first-order valence-corrected chi connectivity index (χ1v) is 6.42. The van der Waals surface area contributed by atoms with Gasteiger partial charge in [0, 0.05) is 26.2 Å². The smallest absolute Gasteiger partial charge is 0.222 e. The second-order valence-corrected chi connectivity index (χ2v) is 4.84. The molecule has 2 N–H and O–H groups in total. The first-order chi connectivity index (χ1) is 8.28. The molecular formula is C12H22N2O3. The van der Waals surface area contributed by atoms with Gasteiger partial charge >= 0.3 is 0 Å². The maximum absolute atomic E-state index is 11.8. The molecule has 17 heavy (non-hydrogen) atoms. The molecule has 0 aromatic heterocycles. The van der Waals surface area contributed by atoms with Gasteiger partial charge in [0.05, 0.1) is 25.2 Å². The highest BCUT2D eigenvalue weighted by Crippen LogP contribution is 2.21. The monoisotopic (exact) mass is 242 g/mol. The van der Waals surface area contributed by atoms with Gasteiger partial charge < -0.3 is 20.1 Å². The van der Waals surface area contributed by atoms with Crippen LogP contribution in [0.25, 0.3) is 0 Å². The minimum absolute atomic E-state index is 0.0309. The topological polar surface area (TPSA) is 59.6 Å². The first kappa shape index (κ1) is 12.8. The second kappa shape index (κ2) is 6.33. The zero-order valence-corrected chi connectivity index (χ0v) is 10.4. The first-order valence-electron chi connectivity index (χ1n) is 6.42. The Labute approximate surface area is 102 Å². The molecule has 1 aliphatic heterocycles. The van der Waals surface area contributed by atoms with Crippen molar-refractivity contribution in [3.05, 3.63) is 0 Å². The summed E-state index contributed by atoms with van der Waals surface area (Å²) in [6.07, 6.45) is 3.81. The van der Waals surface area contributed by atoms with Crippen LogP contribution in [0.5, 0.6) is 0 Å². The van der Waals surface area contributed by atoms with E-state index in [-0.39, 0.29) is 18.1 Å². The molecular weight excluding hydrogens is 220 g/mol. The van der Waals surface area contributed by atoms with E-state index >= 15 is 0 Å². The maximum atomic E-state index is 11.8. The molecule has 0 aromatic rings. The SMILES string of the molecule is COC1CCC(NC(=O)CC2CNCCO2)C1. The fourth-order valence-corrected chi connectivity index (χ4v) is 2.53. The summed E-state index contributed by atoms with van der Waals surface area (Å²) < 4.78 is 10.8. The molecule has 2 aliphatic rings. The van der Waals surface area contributed by atoms with Crippen molar-refractivity contribution in [2.24, 2.45) is 0 Å². The largest absolute Gasteiger partial charge is 0.381 e. The Morgan fingerprint density at radius 3 is 3.06 bits per heavy atom. The van der Waals surface area contributed by atoms with E-state index in [4.69, 9.17) is 9.47 Å². The highest BCUT2D eigenvalue weighted by Gasteiger charge is 2.26. The lowest BCUT2D eigenvalue weighted by atomic mass is 10.2. The fraction of sp³-hybridized carbons (Fsp3) is 0.917. The van der Waals surface area contributed by atoms with Crippen LogP contribution in [0.15, 0.2) is 0 Å². The molecule has 1 saturated heterocycles. The van der Waals surface area contributed by atoms with Gasteiger partial charge in [0.2, 0.25) is 5.91 Å². The van der Waals surface area contributed by atoms with Gasteiger partial charge in [0.15, 0.2) is 0 Å². The third kappa shape index (κ3) is 3.94. The number of carbonyl (C=O) groups is 1. The third-order valence-electron chi connectivity index (χ3n) is 3.50. The number of rotatable bonds is 4. The maximum Gasteiger partial charge on any atom is 0.222 e. The number of nitrogens with one attached hydrogen (secondary N) is 2. The molecule has 0 aromatic carbocycles. The summed E-state index contributed by atoms with van der Waals surface area (Å²) in [7, 11) is 1.73. The second-order valence-electron chi connectivity index (χ2n) is 4.84. The Morgan fingerprint density at radius 2 is 2.41 bits per heavy atom. The van der Waals surface area contributed by atoms with Gasteiger partial charge in [-0.1, -0.05) is 0 Å². The Balaban J connectivity index is 1.66. The Kier molecular flexibility index (Phi) is 4.76. The van der Waals surface area contributed by atoms with Crippen LogP contribution in [0.3, 0.4) is 0 Å². The third-order valence-corrected chi connectivity index (χ3v) is 3.50. The standard InChI is InChI=1S/C12H22N2O3/c1-16-10-3-2-9(6-10)14-12(15)7-11-8-13-4-5-17-11/h9-11,13H,2-8H2,1H3,(H,14,15). The highest BCUT2D eigenvalue weighted by atomic mass is 16.5. The van der Waals surface area contributed by atoms with Crippen molar-refractivity contribution in [3.63, 3.8) is 0 Å². The molecule has 1 saturated carbocycles. The van der Waals surface area contributed by atoms with E-state index in [0.29, 0.717) is 19.1 Å². The van der Waals surface area contributed by atoms with Crippen LogP contribution in [0.2, 0.25) is 0 Å². The number of hydrogen-bond donors (Lipinski definition) is 2. The van der Waals surface area contributed by atoms with E-state index in [2.05, 4.69) is 10.6 Å². The zero-order chi connectivity index (χ0) is 12.1. The van der Waals surface area contributed by atoms with Crippen LogP contribution in [-0.2, 0) is 14.3 Å². The van der Waals surface area contributed by atoms with Crippen molar-refractivity contribution < 1.29 is 14.3 Å². The Morgan fingerprint density at radius 1 is 1.53 bits per heavy atom. The minimum atomic E-state index is 0.0309. The number of carbonyl (C=O) groups excluding carboxylic acids is 1. The summed E-state index contributed by atoms with van der Waals surface area (Å²) in [6.45, 7) is 2.36. The Hall–Kier alpha value is -0.650. The van der Waals surface area contributed by atoms with Gasteiger partial charge in [-0.2, -0.15) is 0 Å². The van der Waals surface area contributed by atoms with Crippen molar-refractivity contribution in [2.45, 2.75) is 43.9 Å². The molecule has 0 radical (unpaired) electrons. The molecule has 2 rings (SSSR count). The van der Waals surface area contributed by atoms with Gasteiger partial charge in [-0.15, -0.1) is 0 Å². The molecule has 5 nitrogen and oxygen atoms in total. The Bertz CT molecular complexity index is 254. The molecule has 0 bridgehead atoms. The zero-order valence-electron chi connectivity index (χ0n) is 10.4. The summed E-state index contributed by atoms with van der Waals surface area (Å²) in [5, 5.41) is 6.29. The lowest BCUT2D eigenvalue weighted by molar-refractivity contribution is -0.125. The van der Waals surface area contributed by atoms with E-state index in [9.17, 15) is 4.79 Å². The van der Waals surface area contributed by atoms with Gasteiger partial charge in [0.25, 0.3) is 0 Å². The number of morpholine rings is 1. The van der Waals surface area contributed by atoms with E-state index < -0.39 is 0 Å². The summed E-state index contributed by atoms with van der Waals surface area (Å²) in [4.78, 5) is 11.8. The van der Waals surface area contributed by atoms with Crippen molar-refractivity contribution in [1.82, 2.24) is 10.6 Å². The van der Waals surface area contributed by atoms with Crippen molar-refractivity contribution >= 4 is 5.91 Å². The predicted octanol–water partition coefficient (Wildman–Crippen LogP) is 0.0486. The van der Waals surface area contributed by atoms with Gasteiger partial charge in [-0.3, -0.25) is 4.79 Å². The number of hydrogen-bond acceptors (Lipinski definition) is 4. The lowest BCUT2D eigenvalue weighted by Crippen LogP contribution is -2.43. The molecule has 3 atom stereocenters. The molecule has 1 heterocycles. The average Bonchev–Trinajstić information content (AvgIpc) is 2.78. The highest BCUT2D eigenvalue weighted by molar-refractivity contribution is 5.76. The van der Waals surface area contributed by atoms with Gasteiger partial charge in [-0.25, -0.2) is 0 Å². The minimum Gasteiger partial charge on any atom is -0.381 e. The van der Waals surface area contributed by atoms with Crippen LogP contribution in [0, 0.1) is 0 Å². The number of amides is 1. The normalized spacial score (nSPS) is 33.6. The van der Waals surface area contributed by atoms with E-state index in [0.717, 1.165) is 32.4 Å². The molecule has 3 unspecified atom stereocenters. The average molecular weight is 242 g/mol. The fourth-order valence-electron chi connectivity index (χ4n) is 2.53. The van der Waals surface area contributed by atoms with Crippen molar-refractivity contribution in [2.75, 3.05) is 26.8 Å². The molecule has 2 fully saturated rings. The number of ether oxygens (including phenoxy) is 2. The van der Waals surface area contributed by atoms with Gasteiger partial charge in [-0.05, 0) is 19.3 Å². The van der Waals surface area contributed by atoms with E-state index in [1.54, 1.807) is 7.11 Å². The van der Waals surface area contributed by atoms with Crippen LogP contribution in [-0.4, -0.2) is 51.0 Å². The van der Waals surface area contributed by atoms with Crippen LogP contribution in [0.4, 0.5) is 0 Å². The molecule has 98 valence electrons. The summed E-state index contributed by atoms with van der Waals surface area (Å²) in [5.74, 6) is 0.0976. The van der Waals surface area contributed by atoms with Crippen LogP contribution in [0.1, 0.15) is 25.7 Å². The summed E-state index contributed by atoms with van der Waals surface area (Å²) >= 11 is 0. The molecule has 1 amide bonds. The molecule has 1 aliphatic carbocycles. The lowest BCUT2D eigenvalue weighted by Gasteiger charge is -2.23. The van der Waals surface area contributed by atoms with Crippen molar-refractivity contribution in [1.29, 1.82) is 0 Å². The van der Waals surface area contributed by atoms with Crippen LogP contribution >= 0.6 is 0 Å². The van der Waals surface area contributed by atoms with E-state index in [1.807, 2.05) is 0 Å². The van der Waals surface area contributed by atoms with Crippen LogP contribution < -0.4 is 10.6 Å². The van der Waals surface area contributed by atoms with Crippen molar-refractivity contribution in [3.8, 4) is 0 Å². The summed E-state index contributed by atoms with van der Waals surface area (Å²) in [5.41, 5.74) is 0.